The van der Waals surface area contributed by atoms with E-state index in [0.717, 1.165) is 32.4 Å². The monoisotopic (exact) mass is 465 g/mol. The third kappa shape index (κ3) is 6.60. The molecule has 3 rings (SSSR count). The summed E-state index contributed by atoms with van der Waals surface area (Å²) >= 11 is 0. The number of sulfonamides is 2. The lowest BCUT2D eigenvalue weighted by Crippen LogP contribution is -2.35. The Hall–Kier alpha value is -1.78. The van der Waals surface area contributed by atoms with E-state index in [1.54, 1.807) is 0 Å². The van der Waals surface area contributed by atoms with Crippen molar-refractivity contribution < 1.29 is 16.8 Å². The summed E-state index contributed by atoms with van der Waals surface area (Å²) in [5, 5.41) is 0. The SMILES string of the molecule is CN(CCCNS(=O)(=O)c1ccc(S(=O)(=O)N2CCCCC2)cc1)Cc1ccccc1. The average Bonchev–Trinajstić information content (AvgIpc) is 2.78. The van der Waals surface area contributed by atoms with Crippen LogP contribution in [0.2, 0.25) is 0 Å². The molecular weight excluding hydrogens is 434 g/mol. The molecule has 170 valence electrons. The van der Waals surface area contributed by atoms with Gasteiger partial charge in [0.2, 0.25) is 20.0 Å². The van der Waals surface area contributed by atoms with Crippen LogP contribution in [0, 0.1) is 0 Å². The van der Waals surface area contributed by atoms with Gasteiger partial charge < -0.3 is 4.90 Å². The van der Waals surface area contributed by atoms with Crippen molar-refractivity contribution in [1.29, 1.82) is 0 Å². The van der Waals surface area contributed by atoms with Crippen molar-refractivity contribution in [3.63, 3.8) is 0 Å². The van der Waals surface area contributed by atoms with Crippen molar-refractivity contribution in [3.8, 4) is 0 Å². The molecule has 0 radical (unpaired) electrons. The highest BCUT2D eigenvalue weighted by molar-refractivity contribution is 7.89. The van der Waals surface area contributed by atoms with E-state index in [1.807, 2.05) is 25.2 Å². The van der Waals surface area contributed by atoms with Gasteiger partial charge in [-0.3, -0.25) is 0 Å². The summed E-state index contributed by atoms with van der Waals surface area (Å²) in [4.78, 5) is 2.35. The number of hydrogen-bond donors (Lipinski definition) is 1. The first-order chi connectivity index (χ1) is 14.8. The average molecular weight is 466 g/mol. The van der Waals surface area contributed by atoms with Crippen molar-refractivity contribution in [2.45, 2.75) is 42.0 Å². The van der Waals surface area contributed by atoms with Crippen LogP contribution in [-0.2, 0) is 26.6 Å². The number of nitrogens with one attached hydrogen (secondary N) is 1. The van der Waals surface area contributed by atoms with E-state index in [0.29, 0.717) is 26.1 Å². The van der Waals surface area contributed by atoms with Crippen molar-refractivity contribution in [2.75, 3.05) is 33.2 Å². The molecule has 1 fully saturated rings. The van der Waals surface area contributed by atoms with Gasteiger partial charge in [-0.15, -0.1) is 0 Å². The van der Waals surface area contributed by atoms with E-state index in [2.05, 4.69) is 21.8 Å². The van der Waals surface area contributed by atoms with Gasteiger partial charge in [-0.25, -0.2) is 21.6 Å². The zero-order chi connectivity index (χ0) is 22.3. The molecule has 0 aromatic heterocycles. The summed E-state index contributed by atoms with van der Waals surface area (Å²) < 4.78 is 54.6. The molecule has 0 atom stereocenters. The third-order valence-electron chi connectivity index (χ3n) is 5.39. The summed E-state index contributed by atoms with van der Waals surface area (Å²) in [5.74, 6) is 0. The van der Waals surface area contributed by atoms with Crippen LogP contribution in [0.4, 0.5) is 0 Å². The summed E-state index contributed by atoms with van der Waals surface area (Å²) in [5.41, 5.74) is 1.21. The molecule has 1 N–H and O–H groups in total. The largest absolute Gasteiger partial charge is 0.302 e. The Labute approximate surface area is 186 Å². The van der Waals surface area contributed by atoms with Gasteiger partial charge in [0, 0.05) is 26.2 Å². The van der Waals surface area contributed by atoms with Gasteiger partial charge in [0.25, 0.3) is 0 Å². The molecule has 2 aromatic rings. The van der Waals surface area contributed by atoms with Crippen LogP contribution in [0.1, 0.15) is 31.2 Å². The molecule has 2 aromatic carbocycles. The second kappa shape index (κ2) is 10.7. The predicted molar refractivity (Wildman–Crippen MR) is 122 cm³/mol. The summed E-state index contributed by atoms with van der Waals surface area (Å²) in [7, 11) is -5.25. The van der Waals surface area contributed by atoms with Gasteiger partial charge in [-0.05, 0) is 62.7 Å². The molecule has 7 nitrogen and oxygen atoms in total. The molecule has 0 amide bonds. The molecule has 9 heteroatoms. The molecule has 0 aliphatic carbocycles. The smallest absolute Gasteiger partial charge is 0.243 e. The Balaban J connectivity index is 1.51. The molecule has 31 heavy (non-hydrogen) atoms. The Bertz CT molecular complexity index is 1030. The minimum absolute atomic E-state index is 0.0720. The summed E-state index contributed by atoms with van der Waals surface area (Å²) in [6, 6.07) is 15.6. The predicted octanol–water partition coefficient (Wildman–Crippen LogP) is 2.66. The number of piperidine rings is 1. The molecule has 1 heterocycles. The van der Waals surface area contributed by atoms with Gasteiger partial charge in [0.15, 0.2) is 0 Å². The van der Waals surface area contributed by atoms with Gasteiger partial charge >= 0.3 is 0 Å². The normalized spacial score (nSPS) is 15.9. The Morgan fingerprint density at radius 2 is 1.48 bits per heavy atom. The second-order valence-corrected chi connectivity index (χ2v) is 11.6. The van der Waals surface area contributed by atoms with Gasteiger partial charge in [0.1, 0.15) is 0 Å². The van der Waals surface area contributed by atoms with Crippen molar-refractivity contribution in [3.05, 3.63) is 60.2 Å². The fourth-order valence-electron chi connectivity index (χ4n) is 3.66. The maximum atomic E-state index is 12.7. The molecule has 0 saturated carbocycles. The van der Waals surface area contributed by atoms with Gasteiger partial charge in [-0.1, -0.05) is 36.8 Å². The van der Waals surface area contributed by atoms with Gasteiger partial charge in [0.05, 0.1) is 9.79 Å². The van der Waals surface area contributed by atoms with E-state index in [4.69, 9.17) is 0 Å². The summed E-state index contributed by atoms with van der Waals surface area (Å²) in [6.07, 6.45) is 3.42. The van der Waals surface area contributed by atoms with Gasteiger partial charge in [-0.2, -0.15) is 4.31 Å². The van der Waals surface area contributed by atoms with Crippen molar-refractivity contribution >= 4 is 20.0 Å². The van der Waals surface area contributed by atoms with Crippen LogP contribution in [-0.4, -0.2) is 59.3 Å². The number of hydrogen-bond acceptors (Lipinski definition) is 5. The molecule has 1 aliphatic rings. The standard InChI is InChI=1S/C22H31N3O4S2/c1-24(19-20-9-4-2-5-10-20)16-8-15-23-30(26,27)21-11-13-22(14-12-21)31(28,29)25-17-6-3-7-18-25/h2,4-5,9-14,23H,3,6-8,15-19H2,1H3. The van der Waals surface area contributed by atoms with E-state index in [9.17, 15) is 16.8 Å². The first kappa shape index (κ1) is 23.9. The Kier molecular flexibility index (Phi) is 8.23. The number of rotatable bonds is 10. The van der Waals surface area contributed by atoms with Crippen LogP contribution in [0.3, 0.4) is 0 Å². The number of nitrogens with zero attached hydrogens (tertiary/aromatic N) is 2. The second-order valence-electron chi connectivity index (χ2n) is 7.91. The first-order valence-electron chi connectivity index (χ1n) is 10.6. The summed E-state index contributed by atoms with van der Waals surface area (Å²) in [6.45, 7) is 2.91. The Morgan fingerprint density at radius 3 is 2.13 bits per heavy atom. The highest BCUT2D eigenvalue weighted by atomic mass is 32.2. The van der Waals surface area contributed by atoms with Crippen LogP contribution in [0.15, 0.2) is 64.4 Å². The quantitative estimate of drug-likeness (QED) is 0.545. The minimum Gasteiger partial charge on any atom is -0.302 e. The molecule has 0 bridgehead atoms. The Morgan fingerprint density at radius 1 is 0.871 bits per heavy atom. The molecule has 0 spiro atoms. The zero-order valence-electron chi connectivity index (χ0n) is 17.9. The zero-order valence-corrected chi connectivity index (χ0v) is 19.5. The van der Waals surface area contributed by atoms with E-state index >= 15 is 0 Å². The lowest BCUT2D eigenvalue weighted by atomic mass is 10.2. The third-order valence-corrected chi connectivity index (χ3v) is 8.78. The minimum atomic E-state index is -3.68. The van der Waals surface area contributed by atoms with E-state index in [1.165, 1.54) is 34.1 Å². The fraction of sp³-hybridized carbons (Fsp3) is 0.455. The topological polar surface area (TPSA) is 86.8 Å². The lowest BCUT2D eigenvalue weighted by Gasteiger charge is -2.25. The maximum absolute atomic E-state index is 12.7. The van der Waals surface area contributed by atoms with Crippen LogP contribution in [0.5, 0.6) is 0 Å². The van der Waals surface area contributed by atoms with Crippen LogP contribution < -0.4 is 4.72 Å². The lowest BCUT2D eigenvalue weighted by molar-refractivity contribution is 0.322. The van der Waals surface area contributed by atoms with E-state index < -0.39 is 20.0 Å². The molecular formula is C22H31N3O4S2. The maximum Gasteiger partial charge on any atom is 0.243 e. The molecule has 0 unspecified atom stereocenters. The fourth-order valence-corrected chi connectivity index (χ4v) is 6.25. The van der Waals surface area contributed by atoms with Crippen molar-refractivity contribution in [2.24, 2.45) is 0 Å². The highest BCUT2D eigenvalue weighted by Gasteiger charge is 2.26. The van der Waals surface area contributed by atoms with Crippen molar-refractivity contribution in [1.82, 2.24) is 13.9 Å². The van der Waals surface area contributed by atoms with E-state index in [-0.39, 0.29) is 9.79 Å². The van der Waals surface area contributed by atoms with Crippen LogP contribution >= 0.6 is 0 Å². The number of benzene rings is 2. The molecule has 1 saturated heterocycles. The van der Waals surface area contributed by atoms with Crippen LogP contribution in [0.25, 0.3) is 0 Å². The highest BCUT2D eigenvalue weighted by Crippen LogP contribution is 2.22. The first-order valence-corrected chi connectivity index (χ1v) is 13.5. The molecule has 1 aliphatic heterocycles.